The third-order valence-electron chi connectivity index (χ3n) is 3.50. The van der Waals surface area contributed by atoms with Crippen LogP contribution in [-0.2, 0) is 5.31 Å². The van der Waals surface area contributed by atoms with E-state index in [1.54, 1.807) is 11.3 Å². The molecular weight excluding hydrogens is 203 g/mol. The van der Waals surface area contributed by atoms with Crippen LogP contribution in [0.25, 0.3) is 0 Å². The fraction of sp³-hybridized carbons (Fsp3) is 0.818. The van der Waals surface area contributed by atoms with Crippen LogP contribution in [0.2, 0.25) is 0 Å². The Morgan fingerprint density at radius 1 is 1.07 bits per heavy atom. The molecule has 1 saturated carbocycles. The lowest BCUT2D eigenvalue weighted by molar-refractivity contribution is 0.413. The minimum absolute atomic E-state index is 0.312. The summed E-state index contributed by atoms with van der Waals surface area (Å²) in [5, 5.41) is 11.2. The van der Waals surface area contributed by atoms with E-state index in [2.05, 4.69) is 18.0 Å². The average Bonchev–Trinajstić information content (AvgIpc) is 2.59. The lowest BCUT2D eigenvalue weighted by Gasteiger charge is -2.28. The molecule has 2 nitrogen and oxygen atoms in total. The molecule has 1 aliphatic rings. The molecule has 0 spiro atoms. The molecule has 0 saturated heterocycles. The molecule has 4 heteroatoms. The van der Waals surface area contributed by atoms with Gasteiger partial charge in [0.15, 0.2) is 0 Å². The van der Waals surface area contributed by atoms with Crippen LogP contribution in [0.5, 0.6) is 0 Å². The van der Waals surface area contributed by atoms with Gasteiger partial charge in [-0.2, -0.15) is 0 Å². The Bertz CT molecular complexity index is 316. The van der Waals surface area contributed by atoms with Gasteiger partial charge in [-0.05, 0) is 25.1 Å². The van der Waals surface area contributed by atoms with Crippen LogP contribution in [0.1, 0.15) is 55.0 Å². The molecule has 15 heavy (non-hydrogen) atoms. The normalized spacial score (nSPS) is 21.9. The Balaban J connectivity index is 2.15. The number of hydrogen-bond donors (Lipinski definition) is 0. The number of hydrogen-bond acceptors (Lipinski definition) is 3. The van der Waals surface area contributed by atoms with E-state index in [1.807, 2.05) is 6.92 Å². The number of aromatic nitrogens is 2. The van der Waals surface area contributed by atoms with E-state index in [4.69, 9.17) is 0 Å². The first-order valence-corrected chi connectivity index (χ1v) is 6.83. The van der Waals surface area contributed by atoms with Crippen LogP contribution in [0.15, 0.2) is 0 Å². The van der Waals surface area contributed by atoms with Crippen molar-refractivity contribution in [1.82, 2.24) is 10.2 Å². The summed E-state index contributed by atoms with van der Waals surface area (Å²) in [6.45, 7) is 2.05. The Labute approximate surface area is 96.9 Å². The first kappa shape index (κ1) is 11.1. The molecule has 0 aromatic carbocycles. The van der Waals surface area contributed by atoms with Crippen molar-refractivity contribution in [3.05, 3.63) is 10.0 Å². The van der Waals surface area contributed by atoms with E-state index in [0.29, 0.717) is 5.31 Å². The summed E-state index contributed by atoms with van der Waals surface area (Å²) < 4.78 is 0. The minimum Gasteiger partial charge on any atom is -0.144 e. The summed E-state index contributed by atoms with van der Waals surface area (Å²) in [5.74, 6) is 0. The van der Waals surface area contributed by atoms with Crippen molar-refractivity contribution >= 4 is 19.2 Å². The summed E-state index contributed by atoms with van der Waals surface area (Å²) in [4.78, 5) is 0. The fourth-order valence-electron chi connectivity index (χ4n) is 2.44. The van der Waals surface area contributed by atoms with E-state index < -0.39 is 0 Å². The van der Waals surface area contributed by atoms with Crippen molar-refractivity contribution in [1.29, 1.82) is 0 Å². The van der Waals surface area contributed by atoms with Gasteiger partial charge >= 0.3 is 0 Å². The Hall–Kier alpha value is -0.375. The topological polar surface area (TPSA) is 25.8 Å². The Morgan fingerprint density at radius 2 is 1.67 bits per heavy atom. The van der Waals surface area contributed by atoms with E-state index in [-0.39, 0.29) is 0 Å². The van der Waals surface area contributed by atoms with Crippen molar-refractivity contribution in [2.24, 2.45) is 0 Å². The third-order valence-corrected chi connectivity index (χ3v) is 4.64. The minimum atomic E-state index is 0.312. The molecule has 82 valence electrons. The summed E-state index contributed by atoms with van der Waals surface area (Å²) in [7, 11) is 2.37. The number of aryl methyl sites for hydroxylation is 1. The van der Waals surface area contributed by atoms with E-state index in [1.165, 1.54) is 50.0 Å². The number of nitrogens with zero attached hydrogens (tertiary/aromatic N) is 2. The number of rotatable bonds is 1. The first-order chi connectivity index (χ1) is 7.21. The zero-order valence-electron chi connectivity index (χ0n) is 9.75. The largest absolute Gasteiger partial charge is 0.144 e. The highest BCUT2D eigenvalue weighted by molar-refractivity contribution is 7.11. The molecule has 1 heterocycles. The summed E-state index contributed by atoms with van der Waals surface area (Å²) in [6, 6.07) is 0. The molecule has 0 aliphatic heterocycles. The predicted molar refractivity (Wildman–Crippen MR) is 67.2 cm³/mol. The van der Waals surface area contributed by atoms with E-state index >= 15 is 0 Å². The predicted octanol–water partition coefficient (Wildman–Crippen LogP) is 2.42. The Morgan fingerprint density at radius 3 is 2.20 bits per heavy atom. The zero-order valence-corrected chi connectivity index (χ0v) is 10.6. The molecule has 2 rings (SSSR count). The van der Waals surface area contributed by atoms with Gasteiger partial charge in [0.25, 0.3) is 0 Å². The quantitative estimate of drug-likeness (QED) is 0.682. The van der Waals surface area contributed by atoms with Gasteiger partial charge in [0.1, 0.15) is 17.9 Å². The molecule has 0 atom stereocenters. The SMILES string of the molecule is BC1(c2nnc(C)s2)CCCCCCC1. The van der Waals surface area contributed by atoms with Crippen LogP contribution in [-0.4, -0.2) is 18.0 Å². The monoisotopic (exact) mass is 222 g/mol. The van der Waals surface area contributed by atoms with Gasteiger partial charge < -0.3 is 0 Å². The van der Waals surface area contributed by atoms with Gasteiger partial charge in [-0.3, -0.25) is 0 Å². The second-order valence-corrected chi connectivity index (χ2v) is 6.14. The van der Waals surface area contributed by atoms with Crippen LogP contribution in [0, 0.1) is 6.92 Å². The molecule has 1 fully saturated rings. The van der Waals surface area contributed by atoms with Gasteiger partial charge in [0.05, 0.1) is 0 Å². The molecular formula is C11H19BN2S. The molecule has 1 aromatic rings. The first-order valence-electron chi connectivity index (χ1n) is 6.01. The molecule has 0 N–H and O–H groups in total. The second-order valence-electron chi connectivity index (χ2n) is 4.95. The smallest absolute Gasteiger partial charge is 0.118 e. The fourth-order valence-corrected chi connectivity index (χ4v) is 3.33. The summed E-state index contributed by atoms with van der Waals surface area (Å²) in [5.41, 5.74) is 0. The average molecular weight is 222 g/mol. The van der Waals surface area contributed by atoms with Crippen LogP contribution >= 0.6 is 11.3 Å². The van der Waals surface area contributed by atoms with Gasteiger partial charge in [-0.1, -0.05) is 32.1 Å². The van der Waals surface area contributed by atoms with Gasteiger partial charge in [0, 0.05) is 0 Å². The van der Waals surface area contributed by atoms with Crippen molar-refractivity contribution in [2.45, 2.75) is 57.2 Å². The van der Waals surface area contributed by atoms with E-state index in [9.17, 15) is 0 Å². The third kappa shape index (κ3) is 2.60. The van der Waals surface area contributed by atoms with Gasteiger partial charge in [-0.25, -0.2) is 0 Å². The summed E-state index contributed by atoms with van der Waals surface area (Å²) in [6.07, 6.45) is 9.51. The van der Waals surface area contributed by atoms with Crippen molar-refractivity contribution in [2.75, 3.05) is 0 Å². The maximum Gasteiger partial charge on any atom is 0.118 e. The second kappa shape index (κ2) is 4.64. The standard InChI is InChI=1S/C11H19BN2S/c1-9-13-14-10(15-9)11(12)7-5-3-2-4-6-8-11/h2-8,12H2,1H3. The summed E-state index contributed by atoms with van der Waals surface area (Å²) >= 11 is 1.79. The lowest BCUT2D eigenvalue weighted by atomic mass is 9.62. The highest BCUT2D eigenvalue weighted by atomic mass is 32.1. The highest BCUT2D eigenvalue weighted by Crippen LogP contribution is 2.35. The maximum absolute atomic E-state index is 4.35. The van der Waals surface area contributed by atoms with Gasteiger partial charge in [0.2, 0.25) is 0 Å². The molecule has 0 bridgehead atoms. The maximum atomic E-state index is 4.35. The zero-order chi connectivity index (χ0) is 10.7. The van der Waals surface area contributed by atoms with Crippen molar-refractivity contribution < 1.29 is 0 Å². The van der Waals surface area contributed by atoms with Crippen LogP contribution < -0.4 is 0 Å². The van der Waals surface area contributed by atoms with E-state index in [0.717, 1.165) is 5.01 Å². The van der Waals surface area contributed by atoms with Gasteiger partial charge in [-0.15, -0.1) is 21.5 Å². The van der Waals surface area contributed by atoms with Crippen molar-refractivity contribution in [3.63, 3.8) is 0 Å². The highest BCUT2D eigenvalue weighted by Gasteiger charge is 2.30. The Kier molecular flexibility index (Phi) is 3.44. The van der Waals surface area contributed by atoms with Crippen LogP contribution in [0.3, 0.4) is 0 Å². The molecule has 1 aromatic heterocycles. The molecule has 0 radical (unpaired) electrons. The van der Waals surface area contributed by atoms with Crippen molar-refractivity contribution in [3.8, 4) is 0 Å². The molecule has 0 amide bonds. The molecule has 1 aliphatic carbocycles. The van der Waals surface area contributed by atoms with Crippen LogP contribution in [0.4, 0.5) is 0 Å². The molecule has 0 unspecified atom stereocenters. The lowest BCUT2D eigenvalue weighted by Crippen LogP contribution is -2.27.